The minimum atomic E-state index is -4.39. The zero-order valence-corrected chi connectivity index (χ0v) is 8.68. The molecule has 0 aromatic rings. The molecule has 2 amide bonds. The second kappa shape index (κ2) is 5.35. The van der Waals surface area contributed by atoms with Gasteiger partial charge in [0.25, 0.3) is 0 Å². The maximum Gasteiger partial charge on any atom is 0.405 e. The molecule has 0 spiro atoms. The van der Waals surface area contributed by atoms with E-state index in [2.05, 4.69) is 5.32 Å². The van der Waals surface area contributed by atoms with E-state index in [0.717, 1.165) is 0 Å². The first-order chi connectivity index (χ1) is 7.44. The van der Waals surface area contributed by atoms with Gasteiger partial charge in [-0.15, -0.1) is 0 Å². The van der Waals surface area contributed by atoms with Gasteiger partial charge in [-0.25, -0.2) is 4.79 Å². The van der Waals surface area contributed by atoms with Crippen molar-refractivity contribution in [1.29, 1.82) is 0 Å². The summed E-state index contributed by atoms with van der Waals surface area (Å²) < 4.78 is 35.7. The van der Waals surface area contributed by atoms with Crippen molar-refractivity contribution in [2.24, 2.45) is 5.73 Å². The van der Waals surface area contributed by atoms with Crippen LogP contribution in [0.3, 0.4) is 0 Å². The molecule has 0 saturated carbocycles. The highest BCUT2D eigenvalue weighted by Crippen LogP contribution is 2.12. The molecule has 1 saturated heterocycles. The zero-order valence-electron chi connectivity index (χ0n) is 8.68. The van der Waals surface area contributed by atoms with E-state index in [-0.39, 0.29) is 12.6 Å². The van der Waals surface area contributed by atoms with Crippen LogP contribution < -0.4 is 16.4 Å². The second-order valence-electron chi connectivity index (χ2n) is 3.56. The van der Waals surface area contributed by atoms with Crippen LogP contribution in [0.2, 0.25) is 0 Å². The lowest BCUT2D eigenvalue weighted by molar-refractivity contribution is -0.123. The molecule has 1 atom stereocenters. The molecule has 0 aromatic carbocycles. The van der Waals surface area contributed by atoms with Gasteiger partial charge < -0.3 is 21.3 Å². The predicted octanol–water partition coefficient (Wildman–Crippen LogP) is -0.509. The quantitative estimate of drug-likeness (QED) is 0.609. The molecule has 0 aromatic heterocycles. The number of carbonyl (C=O) groups is 1. The third-order valence-corrected chi connectivity index (χ3v) is 2.32. The van der Waals surface area contributed by atoms with Crippen LogP contribution in [-0.4, -0.2) is 55.9 Å². The third-order valence-electron chi connectivity index (χ3n) is 2.32. The third kappa shape index (κ3) is 3.86. The van der Waals surface area contributed by atoms with E-state index in [0.29, 0.717) is 19.6 Å². The van der Waals surface area contributed by atoms with E-state index in [1.54, 1.807) is 0 Å². The van der Waals surface area contributed by atoms with Gasteiger partial charge in [-0.3, -0.25) is 0 Å². The predicted molar refractivity (Wildman–Crippen MR) is 51.9 cm³/mol. The maximum atomic E-state index is 11.9. The van der Waals surface area contributed by atoms with Gasteiger partial charge >= 0.3 is 12.2 Å². The van der Waals surface area contributed by atoms with E-state index >= 15 is 0 Å². The Labute approximate surface area is 91.1 Å². The van der Waals surface area contributed by atoms with Crippen molar-refractivity contribution in [3.8, 4) is 0 Å². The molecule has 1 fully saturated rings. The van der Waals surface area contributed by atoms with Crippen molar-refractivity contribution in [2.75, 3.05) is 32.7 Å². The molecule has 8 heteroatoms. The molecule has 1 unspecified atom stereocenters. The van der Waals surface area contributed by atoms with Gasteiger partial charge in [0, 0.05) is 26.2 Å². The number of urea groups is 1. The van der Waals surface area contributed by atoms with Crippen LogP contribution >= 0.6 is 0 Å². The van der Waals surface area contributed by atoms with Crippen LogP contribution in [0.25, 0.3) is 0 Å². The van der Waals surface area contributed by atoms with Gasteiger partial charge in [-0.1, -0.05) is 0 Å². The Hall–Kier alpha value is -1.02. The molecule has 16 heavy (non-hydrogen) atoms. The molecular formula is C8H15F3N4O. The Morgan fingerprint density at radius 2 is 2.25 bits per heavy atom. The largest absolute Gasteiger partial charge is 0.405 e. The summed E-state index contributed by atoms with van der Waals surface area (Å²) in [5.74, 6) is 0. The number of piperazine rings is 1. The molecule has 1 rings (SSSR count). The number of hydrogen-bond donors (Lipinski definition) is 3. The lowest BCUT2D eigenvalue weighted by Gasteiger charge is -2.35. The first-order valence-corrected chi connectivity index (χ1v) is 4.96. The summed E-state index contributed by atoms with van der Waals surface area (Å²) in [6, 6.07) is -0.962. The monoisotopic (exact) mass is 240 g/mol. The topological polar surface area (TPSA) is 70.4 Å². The normalized spacial score (nSPS) is 22.0. The second-order valence-corrected chi connectivity index (χ2v) is 3.56. The maximum absolute atomic E-state index is 11.9. The Bertz CT molecular complexity index is 246. The zero-order chi connectivity index (χ0) is 12.2. The van der Waals surface area contributed by atoms with Crippen molar-refractivity contribution in [3.63, 3.8) is 0 Å². The van der Waals surface area contributed by atoms with Gasteiger partial charge in [-0.05, 0) is 0 Å². The van der Waals surface area contributed by atoms with Crippen molar-refractivity contribution < 1.29 is 18.0 Å². The molecular weight excluding hydrogens is 225 g/mol. The number of nitrogens with one attached hydrogen (secondary N) is 2. The summed E-state index contributed by atoms with van der Waals surface area (Å²) in [6.07, 6.45) is -4.39. The molecule has 5 nitrogen and oxygen atoms in total. The number of hydrogen-bond acceptors (Lipinski definition) is 3. The van der Waals surface area contributed by atoms with Crippen LogP contribution in [0.1, 0.15) is 0 Å². The highest BCUT2D eigenvalue weighted by atomic mass is 19.4. The summed E-state index contributed by atoms with van der Waals surface area (Å²) in [4.78, 5) is 12.8. The highest BCUT2D eigenvalue weighted by molar-refractivity contribution is 5.74. The standard InChI is InChI=1S/C8H15F3N4O/c9-8(10,11)5-14-7(16)15-2-1-13-4-6(15)3-12/h6,13H,1-5,12H2,(H,14,16). The lowest BCUT2D eigenvalue weighted by Crippen LogP contribution is -2.59. The van der Waals surface area contributed by atoms with Gasteiger partial charge in [0.05, 0.1) is 6.04 Å². The smallest absolute Gasteiger partial charge is 0.329 e. The highest BCUT2D eigenvalue weighted by Gasteiger charge is 2.31. The lowest BCUT2D eigenvalue weighted by atomic mass is 10.2. The van der Waals surface area contributed by atoms with Crippen LogP contribution in [0.15, 0.2) is 0 Å². The van der Waals surface area contributed by atoms with E-state index in [4.69, 9.17) is 5.73 Å². The Morgan fingerprint density at radius 3 is 2.81 bits per heavy atom. The number of alkyl halides is 3. The first-order valence-electron chi connectivity index (χ1n) is 4.96. The van der Waals surface area contributed by atoms with E-state index in [1.165, 1.54) is 4.90 Å². The van der Waals surface area contributed by atoms with E-state index < -0.39 is 18.8 Å². The Kier molecular flexibility index (Phi) is 4.36. The number of amides is 2. The minimum Gasteiger partial charge on any atom is -0.329 e. The van der Waals surface area contributed by atoms with E-state index in [1.807, 2.05) is 5.32 Å². The van der Waals surface area contributed by atoms with Gasteiger partial charge in [0.15, 0.2) is 0 Å². The number of halogens is 3. The van der Waals surface area contributed by atoms with Crippen LogP contribution in [0.4, 0.5) is 18.0 Å². The first kappa shape index (κ1) is 13.0. The fraction of sp³-hybridized carbons (Fsp3) is 0.875. The van der Waals surface area contributed by atoms with Crippen LogP contribution in [-0.2, 0) is 0 Å². The molecule has 94 valence electrons. The number of nitrogens with zero attached hydrogens (tertiary/aromatic N) is 1. The average Bonchev–Trinajstić information content (AvgIpc) is 2.25. The van der Waals surface area contributed by atoms with Crippen molar-refractivity contribution in [2.45, 2.75) is 12.2 Å². The summed E-state index contributed by atoms with van der Waals surface area (Å²) in [6.45, 7) is 0.358. The molecule has 0 bridgehead atoms. The van der Waals surface area contributed by atoms with Gasteiger partial charge in [0.1, 0.15) is 6.54 Å². The Morgan fingerprint density at radius 1 is 1.56 bits per heavy atom. The van der Waals surface area contributed by atoms with Crippen molar-refractivity contribution in [3.05, 3.63) is 0 Å². The van der Waals surface area contributed by atoms with Crippen LogP contribution in [0, 0.1) is 0 Å². The number of nitrogens with two attached hydrogens (primary N) is 1. The molecule has 1 aliphatic heterocycles. The van der Waals surface area contributed by atoms with Crippen molar-refractivity contribution in [1.82, 2.24) is 15.5 Å². The molecule has 1 aliphatic rings. The summed E-state index contributed by atoms with van der Waals surface area (Å²) in [5, 5.41) is 4.85. The fourth-order valence-corrected chi connectivity index (χ4v) is 1.52. The molecule has 4 N–H and O–H groups in total. The number of carbonyl (C=O) groups excluding carboxylic acids is 1. The summed E-state index contributed by atoms with van der Waals surface area (Å²) in [5.41, 5.74) is 5.43. The van der Waals surface area contributed by atoms with Crippen molar-refractivity contribution >= 4 is 6.03 Å². The van der Waals surface area contributed by atoms with E-state index in [9.17, 15) is 18.0 Å². The number of rotatable bonds is 2. The summed E-state index contributed by atoms with van der Waals surface area (Å²) in [7, 11) is 0. The summed E-state index contributed by atoms with van der Waals surface area (Å²) >= 11 is 0. The van der Waals surface area contributed by atoms with Crippen LogP contribution in [0.5, 0.6) is 0 Å². The average molecular weight is 240 g/mol. The molecule has 0 aliphatic carbocycles. The Balaban J connectivity index is 2.45. The SMILES string of the molecule is NCC1CNCCN1C(=O)NCC(F)(F)F. The molecule has 0 radical (unpaired) electrons. The minimum absolute atomic E-state index is 0.229. The fourth-order valence-electron chi connectivity index (χ4n) is 1.52. The van der Waals surface area contributed by atoms with Gasteiger partial charge in [0.2, 0.25) is 0 Å². The molecule has 1 heterocycles. The van der Waals surface area contributed by atoms with Gasteiger partial charge in [-0.2, -0.15) is 13.2 Å².